The summed E-state index contributed by atoms with van der Waals surface area (Å²) in [5.74, 6) is 3.71. The Morgan fingerprint density at radius 2 is 2.21 bits per heavy atom. The minimum absolute atomic E-state index is 0.321. The van der Waals surface area contributed by atoms with E-state index in [-0.39, 0.29) is 0 Å². The highest BCUT2D eigenvalue weighted by Crippen LogP contribution is 2.31. The van der Waals surface area contributed by atoms with Crippen LogP contribution in [0, 0.1) is 0 Å². The van der Waals surface area contributed by atoms with Crippen LogP contribution in [0.5, 0.6) is 5.75 Å². The monoisotopic (exact) mass is 364 g/mol. The minimum Gasteiger partial charge on any atom is -0.496 e. The maximum absolute atomic E-state index is 6.06. The summed E-state index contributed by atoms with van der Waals surface area (Å²) in [5, 5.41) is 8.34. The van der Waals surface area contributed by atoms with Crippen LogP contribution in [0.2, 0.25) is 5.02 Å². The van der Waals surface area contributed by atoms with Gasteiger partial charge >= 0.3 is 0 Å². The number of H-pyrrole nitrogens is 1. The molecule has 0 aliphatic carbocycles. The summed E-state index contributed by atoms with van der Waals surface area (Å²) in [7, 11) is 1.60. The standard InChI is InChI=1S/C16H17ClN4O2S/c1-9(2)13-7-18-14(23-13)8-24-16-19-15(20-21-16)11-6-10(17)4-5-12(11)22-3/h4-7,9H,8H2,1-3H3,(H,19,20,21). The van der Waals surface area contributed by atoms with Gasteiger partial charge in [-0.3, -0.25) is 5.10 Å². The van der Waals surface area contributed by atoms with Crippen molar-refractivity contribution in [1.82, 2.24) is 20.2 Å². The summed E-state index contributed by atoms with van der Waals surface area (Å²) in [6, 6.07) is 5.36. The third-order valence-corrected chi connectivity index (χ3v) is 4.41. The summed E-state index contributed by atoms with van der Waals surface area (Å²) in [6.07, 6.45) is 1.76. The normalized spacial score (nSPS) is 11.2. The lowest BCUT2D eigenvalue weighted by molar-refractivity contribution is 0.416. The Labute approximate surface area is 149 Å². The summed E-state index contributed by atoms with van der Waals surface area (Å²) < 4.78 is 11.0. The molecule has 0 aliphatic rings. The van der Waals surface area contributed by atoms with Gasteiger partial charge in [-0.25, -0.2) is 9.97 Å². The first-order chi connectivity index (χ1) is 11.6. The van der Waals surface area contributed by atoms with E-state index in [9.17, 15) is 0 Å². The molecule has 2 heterocycles. The Hall–Kier alpha value is -1.99. The van der Waals surface area contributed by atoms with Crippen molar-refractivity contribution in [3.63, 3.8) is 0 Å². The second-order valence-electron chi connectivity index (χ2n) is 5.41. The van der Waals surface area contributed by atoms with Crippen LogP contribution < -0.4 is 4.74 Å². The number of halogens is 1. The predicted octanol–water partition coefficient (Wildman–Crippen LogP) is 4.54. The molecule has 0 atom stereocenters. The fourth-order valence-corrected chi connectivity index (χ4v) is 2.91. The van der Waals surface area contributed by atoms with Crippen molar-refractivity contribution in [2.24, 2.45) is 0 Å². The molecule has 6 nitrogen and oxygen atoms in total. The topological polar surface area (TPSA) is 76.8 Å². The van der Waals surface area contributed by atoms with Gasteiger partial charge in [0.05, 0.1) is 24.6 Å². The van der Waals surface area contributed by atoms with Gasteiger partial charge in [-0.2, -0.15) is 0 Å². The average Bonchev–Trinajstić information content (AvgIpc) is 3.22. The third kappa shape index (κ3) is 3.73. The molecule has 0 radical (unpaired) electrons. The fraction of sp³-hybridized carbons (Fsp3) is 0.312. The number of aromatic nitrogens is 4. The SMILES string of the molecule is COc1ccc(Cl)cc1-c1nc(SCc2ncc(C(C)C)o2)n[nH]1. The molecule has 3 aromatic rings. The zero-order chi connectivity index (χ0) is 17.1. The van der Waals surface area contributed by atoms with E-state index in [1.807, 2.05) is 0 Å². The van der Waals surface area contributed by atoms with Crippen LogP contribution >= 0.6 is 23.4 Å². The van der Waals surface area contributed by atoms with Crippen molar-refractivity contribution in [2.45, 2.75) is 30.7 Å². The van der Waals surface area contributed by atoms with Gasteiger partial charge < -0.3 is 9.15 Å². The van der Waals surface area contributed by atoms with Crippen LogP contribution in [0.4, 0.5) is 0 Å². The maximum atomic E-state index is 6.06. The van der Waals surface area contributed by atoms with Gasteiger partial charge in [0.1, 0.15) is 11.5 Å². The van der Waals surface area contributed by atoms with Gasteiger partial charge in [0.2, 0.25) is 11.0 Å². The molecule has 0 saturated heterocycles. The van der Waals surface area contributed by atoms with E-state index in [0.717, 1.165) is 11.3 Å². The van der Waals surface area contributed by atoms with E-state index >= 15 is 0 Å². The number of hydrogen-bond donors (Lipinski definition) is 1. The first-order valence-corrected chi connectivity index (χ1v) is 8.77. The lowest BCUT2D eigenvalue weighted by Crippen LogP contribution is -1.89. The Morgan fingerprint density at radius 1 is 1.38 bits per heavy atom. The van der Waals surface area contributed by atoms with E-state index < -0.39 is 0 Å². The number of rotatable bonds is 6. The summed E-state index contributed by atoms with van der Waals surface area (Å²) >= 11 is 7.50. The van der Waals surface area contributed by atoms with Gasteiger partial charge in [0, 0.05) is 10.9 Å². The Bertz CT molecular complexity index is 831. The molecule has 0 spiro atoms. The molecule has 0 fully saturated rings. The molecular weight excluding hydrogens is 348 g/mol. The lowest BCUT2D eigenvalue weighted by atomic mass is 10.2. The van der Waals surface area contributed by atoms with E-state index in [1.54, 1.807) is 31.5 Å². The van der Waals surface area contributed by atoms with Crippen LogP contribution in [-0.2, 0) is 5.75 Å². The van der Waals surface area contributed by atoms with Crippen molar-refractivity contribution >= 4 is 23.4 Å². The smallest absolute Gasteiger partial charge is 0.209 e. The molecule has 126 valence electrons. The van der Waals surface area contributed by atoms with Crippen LogP contribution in [0.15, 0.2) is 34.0 Å². The first-order valence-electron chi connectivity index (χ1n) is 7.40. The molecule has 3 rings (SSSR count). The largest absolute Gasteiger partial charge is 0.496 e. The Balaban J connectivity index is 1.72. The zero-order valence-corrected chi connectivity index (χ0v) is 15.1. The van der Waals surface area contributed by atoms with Crippen LogP contribution in [-0.4, -0.2) is 27.3 Å². The fourth-order valence-electron chi connectivity index (χ4n) is 2.08. The van der Waals surface area contributed by atoms with Crippen LogP contribution in [0.25, 0.3) is 11.4 Å². The maximum Gasteiger partial charge on any atom is 0.209 e. The van der Waals surface area contributed by atoms with Crippen molar-refractivity contribution < 1.29 is 9.15 Å². The number of oxazole rings is 1. The highest BCUT2D eigenvalue weighted by atomic mass is 35.5. The van der Waals surface area contributed by atoms with Gasteiger partial charge in [0.25, 0.3) is 0 Å². The number of methoxy groups -OCH3 is 1. The molecule has 24 heavy (non-hydrogen) atoms. The third-order valence-electron chi connectivity index (χ3n) is 3.35. The highest BCUT2D eigenvalue weighted by Gasteiger charge is 2.13. The van der Waals surface area contributed by atoms with Crippen molar-refractivity contribution in [1.29, 1.82) is 0 Å². The first kappa shape index (κ1) is 16.9. The van der Waals surface area contributed by atoms with Crippen LogP contribution in [0.1, 0.15) is 31.4 Å². The molecule has 1 aromatic carbocycles. The Morgan fingerprint density at radius 3 is 2.92 bits per heavy atom. The molecule has 2 aromatic heterocycles. The van der Waals surface area contributed by atoms with Gasteiger partial charge in [-0.05, 0) is 18.2 Å². The Kier molecular flexibility index (Phi) is 5.11. The molecule has 0 saturated carbocycles. The van der Waals surface area contributed by atoms with Gasteiger partial charge in [-0.1, -0.05) is 37.2 Å². The van der Waals surface area contributed by atoms with Crippen molar-refractivity contribution in [2.75, 3.05) is 7.11 Å². The second-order valence-corrected chi connectivity index (χ2v) is 6.79. The van der Waals surface area contributed by atoms with Gasteiger partial charge in [0.15, 0.2) is 5.82 Å². The number of nitrogens with zero attached hydrogens (tertiary/aromatic N) is 3. The lowest BCUT2D eigenvalue weighted by Gasteiger charge is -2.05. The van der Waals surface area contributed by atoms with Crippen molar-refractivity contribution in [3.05, 3.63) is 41.1 Å². The second kappa shape index (κ2) is 7.27. The van der Waals surface area contributed by atoms with Gasteiger partial charge in [-0.15, -0.1) is 5.10 Å². The molecule has 0 amide bonds. The molecular formula is C16H17ClN4O2S. The quantitative estimate of drug-likeness (QED) is 0.647. The van der Waals surface area contributed by atoms with E-state index in [2.05, 4.69) is 34.0 Å². The van der Waals surface area contributed by atoms with E-state index in [1.165, 1.54) is 11.8 Å². The molecule has 1 N–H and O–H groups in total. The average molecular weight is 365 g/mol. The van der Waals surface area contributed by atoms with E-state index in [4.69, 9.17) is 20.8 Å². The summed E-state index contributed by atoms with van der Waals surface area (Å²) in [4.78, 5) is 8.74. The minimum atomic E-state index is 0.321. The number of benzene rings is 1. The molecule has 0 aliphatic heterocycles. The number of ether oxygens (including phenoxy) is 1. The summed E-state index contributed by atoms with van der Waals surface area (Å²) in [6.45, 7) is 4.13. The molecule has 0 bridgehead atoms. The summed E-state index contributed by atoms with van der Waals surface area (Å²) in [5.41, 5.74) is 0.766. The predicted molar refractivity (Wildman–Crippen MR) is 93.5 cm³/mol. The number of aromatic amines is 1. The zero-order valence-electron chi connectivity index (χ0n) is 13.5. The number of nitrogens with one attached hydrogen (secondary N) is 1. The molecule has 8 heteroatoms. The highest BCUT2D eigenvalue weighted by molar-refractivity contribution is 7.98. The number of hydrogen-bond acceptors (Lipinski definition) is 6. The molecule has 0 unspecified atom stereocenters. The van der Waals surface area contributed by atoms with Crippen molar-refractivity contribution in [3.8, 4) is 17.1 Å². The number of thioether (sulfide) groups is 1. The van der Waals surface area contributed by atoms with E-state index in [0.29, 0.717) is 39.3 Å². The van der Waals surface area contributed by atoms with Crippen LogP contribution in [0.3, 0.4) is 0 Å².